The van der Waals surface area contributed by atoms with Gasteiger partial charge in [0.25, 0.3) is 20.2 Å². The van der Waals surface area contributed by atoms with Crippen LogP contribution in [-0.4, -0.2) is 77.7 Å². The summed E-state index contributed by atoms with van der Waals surface area (Å²) in [7, 11) is -16.6. The van der Waals surface area contributed by atoms with Crippen LogP contribution in [0, 0.1) is 0 Å². The summed E-state index contributed by atoms with van der Waals surface area (Å²) < 4.78 is 116. The highest BCUT2D eigenvalue weighted by Crippen LogP contribution is 2.49. The molecule has 0 fully saturated rings. The average Bonchev–Trinajstić information content (AvgIpc) is 3.54. The highest BCUT2D eigenvalue weighted by molar-refractivity contribution is 7.89. The van der Waals surface area contributed by atoms with Crippen LogP contribution < -0.4 is 15.2 Å². The Hall–Kier alpha value is -3.49. The Morgan fingerprint density at radius 2 is 1.35 bits per heavy atom. The molecule has 0 unspecified atom stereocenters. The molecule has 18 heteroatoms. The molecule has 0 saturated carbocycles. The SMILES string of the molecule is CC1=C(/C=C/C2=[N+](CCS(=O)(=O)O)c3ccc(S(N)(=O)=O)cc3C2(C)C)CC/C1=C/C=C1\N(CCS(=O)(=O)O)c2ccc(S(N)(=O)=O)cc2C1(C)C. The predicted molar refractivity (Wildman–Crippen MR) is 199 cm³/mol. The number of nitrogens with two attached hydrogens (primary N) is 2. The van der Waals surface area contributed by atoms with Crippen LogP contribution in [0.25, 0.3) is 0 Å². The van der Waals surface area contributed by atoms with Crippen LogP contribution in [0.3, 0.4) is 0 Å². The van der Waals surface area contributed by atoms with E-state index in [4.69, 9.17) is 10.3 Å². The van der Waals surface area contributed by atoms with Crippen LogP contribution >= 0.6 is 0 Å². The Labute approximate surface area is 305 Å². The van der Waals surface area contributed by atoms with Crippen LogP contribution in [-0.2, 0) is 51.1 Å². The first-order valence-corrected chi connectivity index (χ1v) is 22.5. The summed E-state index contributed by atoms with van der Waals surface area (Å²) >= 11 is 0. The van der Waals surface area contributed by atoms with Crippen molar-refractivity contribution < 1.29 is 47.4 Å². The van der Waals surface area contributed by atoms with Crippen molar-refractivity contribution in [2.45, 2.75) is 68.1 Å². The van der Waals surface area contributed by atoms with Gasteiger partial charge in [-0.3, -0.25) is 9.11 Å². The summed E-state index contributed by atoms with van der Waals surface area (Å²) in [5.74, 6) is -1.10. The Balaban J connectivity index is 1.53. The molecule has 52 heavy (non-hydrogen) atoms. The molecule has 0 spiro atoms. The molecular formula is C34H43N4O10S4+. The third-order valence-electron chi connectivity index (χ3n) is 10.0. The fourth-order valence-electron chi connectivity index (χ4n) is 7.18. The topological polar surface area (TPSA) is 235 Å². The van der Waals surface area contributed by atoms with Gasteiger partial charge in [0.2, 0.25) is 25.7 Å². The maximum absolute atomic E-state index is 12.2. The van der Waals surface area contributed by atoms with Crippen LogP contribution in [0.5, 0.6) is 0 Å². The quantitative estimate of drug-likeness (QED) is 0.190. The fraction of sp³-hybridized carbons (Fsp3) is 0.382. The maximum atomic E-state index is 12.2. The van der Waals surface area contributed by atoms with Crippen molar-refractivity contribution >= 4 is 57.4 Å². The van der Waals surface area contributed by atoms with Gasteiger partial charge in [0.1, 0.15) is 5.75 Å². The molecule has 2 heterocycles. The Morgan fingerprint density at radius 3 is 1.92 bits per heavy atom. The van der Waals surface area contributed by atoms with Crippen molar-refractivity contribution in [1.29, 1.82) is 0 Å². The largest absolute Gasteiger partial charge is 0.343 e. The zero-order chi connectivity index (χ0) is 38.8. The van der Waals surface area contributed by atoms with E-state index in [0.717, 1.165) is 16.7 Å². The third-order valence-corrected chi connectivity index (χ3v) is 13.3. The number of hydrogen-bond donors (Lipinski definition) is 4. The van der Waals surface area contributed by atoms with E-state index in [1.165, 1.54) is 24.3 Å². The van der Waals surface area contributed by atoms with Gasteiger partial charge in [0.15, 0.2) is 12.3 Å². The van der Waals surface area contributed by atoms with Gasteiger partial charge in [-0.05, 0) is 92.3 Å². The van der Waals surface area contributed by atoms with Gasteiger partial charge >= 0.3 is 0 Å². The standard InChI is InChI=1S/C34H42N4O10S4/c1-22-23(8-14-31-33(2,3)27-20-25(51(35,45)46)10-12-29(27)37(31)16-18-49(39,40)41)6-7-24(22)9-15-32-34(4,5)28-21-26(52(36,47)48)11-13-30(28)38(32)17-19-50(42,43)44/h8-15,20-21H,6-7,16-19H2,1-5H3,(H5-,35,36,39,40,41,42,43,44,45,46,47,48)/p+1. The van der Waals surface area contributed by atoms with Gasteiger partial charge in [-0.15, -0.1) is 0 Å². The van der Waals surface area contributed by atoms with E-state index in [-0.39, 0.29) is 22.9 Å². The number of rotatable bonds is 11. The second-order valence-corrected chi connectivity index (χ2v) is 20.5. The second-order valence-electron chi connectivity index (χ2n) is 14.2. The van der Waals surface area contributed by atoms with Crippen molar-refractivity contribution in [3.8, 4) is 0 Å². The van der Waals surface area contributed by atoms with Gasteiger partial charge in [0.05, 0.1) is 21.0 Å². The highest BCUT2D eigenvalue weighted by Gasteiger charge is 2.45. The lowest BCUT2D eigenvalue weighted by Crippen LogP contribution is -2.30. The molecule has 0 aromatic heterocycles. The number of nitrogens with zero attached hydrogens (tertiary/aromatic N) is 2. The molecule has 0 bridgehead atoms. The molecule has 0 saturated heterocycles. The smallest absolute Gasteiger partial charge is 0.271 e. The molecule has 14 nitrogen and oxygen atoms in total. The summed E-state index contributed by atoms with van der Waals surface area (Å²) in [6, 6.07) is 8.84. The number of primary sulfonamides is 2. The predicted octanol–water partition coefficient (Wildman–Crippen LogP) is 3.41. The maximum Gasteiger partial charge on any atom is 0.271 e. The van der Waals surface area contributed by atoms with Gasteiger partial charge < -0.3 is 4.90 Å². The van der Waals surface area contributed by atoms with Crippen molar-refractivity contribution in [1.82, 2.24) is 0 Å². The Morgan fingerprint density at radius 1 is 0.769 bits per heavy atom. The minimum absolute atomic E-state index is 0.0764. The van der Waals surface area contributed by atoms with Crippen LogP contribution in [0.2, 0.25) is 0 Å². The first-order chi connectivity index (χ1) is 23.7. The van der Waals surface area contributed by atoms with Crippen molar-refractivity contribution in [2.75, 3.05) is 29.5 Å². The number of hydrogen-bond acceptors (Lipinski definition) is 9. The first-order valence-electron chi connectivity index (χ1n) is 16.2. The minimum atomic E-state index is -4.31. The molecule has 282 valence electrons. The number of anilines is 1. The number of fused-ring (bicyclic) bond motifs is 2. The summed E-state index contributed by atoms with van der Waals surface area (Å²) in [5.41, 5.74) is 5.29. The third kappa shape index (κ3) is 8.03. The highest BCUT2D eigenvalue weighted by atomic mass is 32.2. The van der Waals surface area contributed by atoms with Gasteiger partial charge in [0, 0.05) is 41.1 Å². The number of sulfonamides is 2. The molecule has 2 aromatic carbocycles. The van der Waals surface area contributed by atoms with E-state index in [0.29, 0.717) is 46.8 Å². The molecule has 2 aliphatic heterocycles. The van der Waals surface area contributed by atoms with Gasteiger partial charge in [-0.25, -0.2) is 27.1 Å². The molecule has 0 amide bonds. The Bertz CT molecular complexity index is 2480. The van der Waals surface area contributed by atoms with Crippen LogP contribution in [0.1, 0.15) is 58.6 Å². The minimum Gasteiger partial charge on any atom is -0.343 e. The molecule has 2 aromatic rings. The molecule has 5 rings (SSSR count). The normalized spacial score (nSPS) is 20.5. The van der Waals surface area contributed by atoms with Crippen molar-refractivity contribution in [2.24, 2.45) is 10.3 Å². The van der Waals surface area contributed by atoms with Crippen molar-refractivity contribution in [3.63, 3.8) is 0 Å². The van der Waals surface area contributed by atoms with E-state index in [2.05, 4.69) is 0 Å². The zero-order valence-electron chi connectivity index (χ0n) is 29.4. The second kappa shape index (κ2) is 13.4. The summed E-state index contributed by atoms with van der Waals surface area (Å²) in [6.07, 6.45) is 8.97. The van der Waals surface area contributed by atoms with Crippen molar-refractivity contribution in [3.05, 3.63) is 94.2 Å². The fourth-order valence-corrected chi connectivity index (χ4v) is 9.09. The molecule has 1 aliphatic carbocycles. The van der Waals surface area contributed by atoms with Gasteiger partial charge in [-0.2, -0.15) is 21.4 Å². The lowest BCUT2D eigenvalue weighted by atomic mass is 9.81. The van der Waals surface area contributed by atoms with Gasteiger partial charge in [-0.1, -0.05) is 26.0 Å². The summed E-state index contributed by atoms with van der Waals surface area (Å²) in [4.78, 5) is 1.60. The molecular weight excluding hydrogens is 753 g/mol. The van der Waals surface area contributed by atoms with Crippen LogP contribution in [0.15, 0.2) is 92.9 Å². The van der Waals surface area contributed by atoms with Crippen LogP contribution in [0.4, 0.5) is 11.4 Å². The molecule has 6 N–H and O–H groups in total. The average molecular weight is 796 g/mol. The summed E-state index contributed by atoms with van der Waals surface area (Å²) in [6.45, 7) is 9.37. The lowest BCUT2D eigenvalue weighted by molar-refractivity contribution is -0.432. The van der Waals surface area contributed by atoms with E-state index in [1.807, 2.05) is 58.9 Å². The number of allylic oxidation sites excluding steroid dienone is 8. The lowest BCUT2D eigenvalue weighted by Gasteiger charge is -2.26. The monoisotopic (exact) mass is 795 g/mol. The van der Waals surface area contributed by atoms with E-state index >= 15 is 0 Å². The Kier molecular flexibility index (Phi) is 10.2. The zero-order valence-corrected chi connectivity index (χ0v) is 32.6. The molecule has 0 radical (unpaired) electrons. The van der Waals surface area contributed by atoms with E-state index in [9.17, 15) is 42.8 Å². The molecule has 3 aliphatic rings. The summed E-state index contributed by atoms with van der Waals surface area (Å²) in [5, 5.41) is 10.8. The first kappa shape index (κ1) is 39.7. The van der Waals surface area contributed by atoms with E-state index < -0.39 is 62.6 Å². The van der Waals surface area contributed by atoms with E-state index in [1.54, 1.807) is 21.6 Å². The molecule has 0 atom stereocenters. The number of benzene rings is 2.